The maximum atomic E-state index is 8.85. The molecule has 3 nitrogen and oxygen atoms in total. The minimum Gasteiger partial charge on any atom is -0.385 e. The summed E-state index contributed by atoms with van der Waals surface area (Å²) in [6, 6.07) is 10.5. The van der Waals surface area contributed by atoms with E-state index >= 15 is 0 Å². The summed E-state index contributed by atoms with van der Waals surface area (Å²) in [5, 5.41) is 12.3. The van der Waals surface area contributed by atoms with E-state index in [-0.39, 0.29) is 0 Å². The standard InChI is InChI=1S/C15H21N3/c1-12(2)18-7-6-14(11-18)10-17-15-5-3-4-13(8-15)9-16/h3-5,8,12,14,17H,6-7,10-11H2,1-2H3. The number of hydrogen-bond acceptors (Lipinski definition) is 3. The zero-order valence-electron chi connectivity index (χ0n) is 11.2. The van der Waals surface area contributed by atoms with Gasteiger partial charge in [-0.1, -0.05) is 6.07 Å². The zero-order valence-corrected chi connectivity index (χ0v) is 11.2. The molecule has 18 heavy (non-hydrogen) atoms. The fraction of sp³-hybridized carbons (Fsp3) is 0.533. The molecule has 1 aliphatic heterocycles. The van der Waals surface area contributed by atoms with Gasteiger partial charge in [0.2, 0.25) is 0 Å². The van der Waals surface area contributed by atoms with E-state index in [1.807, 2.05) is 24.3 Å². The first-order valence-corrected chi connectivity index (χ1v) is 6.67. The molecule has 1 saturated heterocycles. The summed E-state index contributed by atoms with van der Waals surface area (Å²) >= 11 is 0. The molecule has 2 rings (SSSR count). The highest BCUT2D eigenvalue weighted by Crippen LogP contribution is 2.19. The Labute approximate surface area is 109 Å². The first kappa shape index (κ1) is 12.9. The topological polar surface area (TPSA) is 39.1 Å². The third-order valence-corrected chi connectivity index (χ3v) is 3.63. The van der Waals surface area contributed by atoms with Crippen molar-refractivity contribution in [2.45, 2.75) is 26.3 Å². The highest BCUT2D eigenvalue weighted by atomic mass is 15.2. The van der Waals surface area contributed by atoms with Gasteiger partial charge in [0.1, 0.15) is 0 Å². The maximum absolute atomic E-state index is 8.85. The quantitative estimate of drug-likeness (QED) is 0.883. The average Bonchev–Trinajstić information content (AvgIpc) is 2.85. The van der Waals surface area contributed by atoms with Crippen molar-refractivity contribution >= 4 is 5.69 Å². The molecule has 3 heteroatoms. The van der Waals surface area contributed by atoms with Gasteiger partial charge in [-0.25, -0.2) is 0 Å². The van der Waals surface area contributed by atoms with Gasteiger partial charge in [-0.15, -0.1) is 0 Å². The Morgan fingerprint density at radius 3 is 3.00 bits per heavy atom. The Balaban J connectivity index is 1.83. The Morgan fingerprint density at radius 2 is 2.33 bits per heavy atom. The second kappa shape index (κ2) is 5.88. The highest BCUT2D eigenvalue weighted by Gasteiger charge is 2.23. The molecule has 1 fully saturated rings. The van der Waals surface area contributed by atoms with Crippen molar-refractivity contribution in [3.63, 3.8) is 0 Å². The van der Waals surface area contributed by atoms with Crippen molar-refractivity contribution in [1.29, 1.82) is 5.26 Å². The summed E-state index contributed by atoms with van der Waals surface area (Å²) < 4.78 is 0. The van der Waals surface area contributed by atoms with Crippen LogP contribution in [0.25, 0.3) is 0 Å². The molecule has 1 aliphatic rings. The number of nitriles is 1. The molecule has 0 amide bonds. The fourth-order valence-electron chi connectivity index (χ4n) is 2.46. The van der Waals surface area contributed by atoms with Crippen molar-refractivity contribution in [1.82, 2.24) is 4.90 Å². The van der Waals surface area contributed by atoms with Crippen LogP contribution >= 0.6 is 0 Å². The lowest BCUT2D eigenvalue weighted by molar-refractivity contribution is 0.266. The smallest absolute Gasteiger partial charge is 0.0992 e. The van der Waals surface area contributed by atoms with E-state index < -0.39 is 0 Å². The van der Waals surface area contributed by atoms with Crippen LogP contribution in [-0.4, -0.2) is 30.6 Å². The zero-order chi connectivity index (χ0) is 13.0. The molecule has 0 radical (unpaired) electrons. The number of nitrogens with one attached hydrogen (secondary N) is 1. The van der Waals surface area contributed by atoms with Crippen molar-refractivity contribution in [2.24, 2.45) is 5.92 Å². The largest absolute Gasteiger partial charge is 0.385 e. The number of nitrogens with zero attached hydrogens (tertiary/aromatic N) is 2. The van der Waals surface area contributed by atoms with Crippen molar-refractivity contribution < 1.29 is 0 Å². The molecule has 0 aliphatic carbocycles. The SMILES string of the molecule is CC(C)N1CCC(CNc2cccc(C#N)c2)C1. The molecular formula is C15H21N3. The van der Waals surface area contributed by atoms with E-state index in [0.29, 0.717) is 6.04 Å². The summed E-state index contributed by atoms with van der Waals surface area (Å²) in [6.45, 7) is 7.90. The van der Waals surface area contributed by atoms with E-state index in [9.17, 15) is 0 Å². The van der Waals surface area contributed by atoms with E-state index in [2.05, 4.69) is 30.1 Å². The molecule has 1 unspecified atom stereocenters. The van der Waals surface area contributed by atoms with Crippen LogP contribution in [0.5, 0.6) is 0 Å². The molecule has 1 aromatic carbocycles. The molecule has 0 spiro atoms. The van der Waals surface area contributed by atoms with Crippen LogP contribution in [0.3, 0.4) is 0 Å². The molecule has 1 aromatic rings. The molecule has 96 valence electrons. The number of likely N-dealkylation sites (tertiary alicyclic amines) is 1. The normalized spacial score (nSPS) is 20.0. The minimum atomic E-state index is 0.650. The van der Waals surface area contributed by atoms with Gasteiger partial charge in [-0.2, -0.15) is 5.26 Å². The highest BCUT2D eigenvalue weighted by molar-refractivity contribution is 5.49. The molecular weight excluding hydrogens is 222 g/mol. The van der Waals surface area contributed by atoms with Crippen molar-refractivity contribution in [2.75, 3.05) is 25.0 Å². The van der Waals surface area contributed by atoms with Crippen LogP contribution in [0.2, 0.25) is 0 Å². The van der Waals surface area contributed by atoms with Crippen LogP contribution in [0.15, 0.2) is 24.3 Å². The van der Waals surface area contributed by atoms with Crippen LogP contribution in [0.1, 0.15) is 25.8 Å². The average molecular weight is 243 g/mol. The van der Waals surface area contributed by atoms with Gasteiger partial charge in [-0.05, 0) is 50.9 Å². The molecule has 0 aromatic heterocycles. The van der Waals surface area contributed by atoms with Gasteiger partial charge in [0.15, 0.2) is 0 Å². The lowest BCUT2D eigenvalue weighted by Crippen LogP contribution is -2.29. The van der Waals surface area contributed by atoms with E-state index in [1.165, 1.54) is 19.5 Å². The molecule has 1 N–H and O–H groups in total. The van der Waals surface area contributed by atoms with Crippen LogP contribution in [0, 0.1) is 17.2 Å². The number of hydrogen-bond donors (Lipinski definition) is 1. The molecule has 0 saturated carbocycles. The van der Waals surface area contributed by atoms with Crippen molar-refractivity contribution in [3.05, 3.63) is 29.8 Å². The summed E-state index contributed by atoms with van der Waals surface area (Å²) in [7, 11) is 0. The van der Waals surface area contributed by atoms with Gasteiger partial charge in [0.05, 0.1) is 11.6 Å². The van der Waals surface area contributed by atoms with Crippen LogP contribution in [0.4, 0.5) is 5.69 Å². The molecule has 1 heterocycles. The second-order valence-corrected chi connectivity index (χ2v) is 5.32. The van der Waals surface area contributed by atoms with Crippen molar-refractivity contribution in [3.8, 4) is 6.07 Å². The molecule has 0 bridgehead atoms. The minimum absolute atomic E-state index is 0.650. The summed E-state index contributed by atoms with van der Waals surface area (Å²) in [6.07, 6.45) is 1.27. The first-order chi connectivity index (χ1) is 8.69. The number of rotatable bonds is 4. The van der Waals surface area contributed by atoms with Crippen LogP contribution in [-0.2, 0) is 0 Å². The summed E-state index contributed by atoms with van der Waals surface area (Å²) in [4.78, 5) is 2.53. The third kappa shape index (κ3) is 3.24. The maximum Gasteiger partial charge on any atom is 0.0992 e. The summed E-state index contributed by atoms with van der Waals surface area (Å²) in [5.74, 6) is 0.721. The van der Waals surface area contributed by atoms with E-state index in [0.717, 1.165) is 23.7 Å². The number of benzene rings is 1. The predicted molar refractivity (Wildman–Crippen MR) is 74.5 cm³/mol. The third-order valence-electron chi connectivity index (χ3n) is 3.63. The molecule has 1 atom stereocenters. The predicted octanol–water partition coefficient (Wildman–Crippen LogP) is 2.70. The van der Waals surface area contributed by atoms with Gasteiger partial charge in [-0.3, -0.25) is 0 Å². The van der Waals surface area contributed by atoms with Gasteiger partial charge >= 0.3 is 0 Å². The lowest BCUT2D eigenvalue weighted by Gasteiger charge is -2.20. The lowest BCUT2D eigenvalue weighted by atomic mass is 10.1. The fourth-order valence-corrected chi connectivity index (χ4v) is 2.46. The van der Waals surface area contributed by atoms with Crippen LogP contribution < -0.4 is 5.32 Å². The summed E-state index contributed by atoms with van der Waals surface area (Å²) in [5.41, 5.74) is 1.77. The van der Waals surface area contributed by atoms with Gasteiger partial charge < -0.3 is 10.2 Å². The Hall–Kier alpha value is -1.53. The first-order valence-electron chi connectivity index (χ1n) is 6.67. The monoisotopic (exact) mass is 243 g/mol. The van der Waals surface area contributed by atoms with Gasteiger partial charge in [0.25, 0.3) is 0 Å². The Bertz CT molecular complexity index is 434. The number of anilines is 1. The van der Waals surface area contributed by atoms with Gasteiger partial charge in [0, 0.05) is 24.8 Å². The Morgan fingerprint density at radius 1 is 1.50 bits per heavy atom. The van der Waals surface area contributed by atoms with E-state index in [1.54, 1.807) is 0 Å². The van der Waals surface area contributed by atoms with E-state index in [4.69, 9.17) is 5.26 Å². The Kier molecular flexibility index (Phi) is 4.22. The second-order valence-electron chi connectivity index (χ2n) is 5.32.